The Bertz CT molecular complexity index is 720. The van der Waals surface area contributed by atoms with Crippen LogP contribution in [0.3, 0.4) is 0 Å². The molecule has 3 heterocycles. The van der Waals surface area contributed by atoms with Crippen LogP contribution in [0.2, 0.25) is 0 Å². The van der Waals surface area contributed by atoms with Crippen LogP contribution in [-0.4, -0.2) is 65.7 Å². The fourth-order valence-corrected chi connectivity index (χ4v) is 4.60. The van der Waals surface area contributed by atoms with Crippen LogP contribution in [-0.2, 0) is 6.18 Å². The quantitative estimate of drug-likeness (QED) is 0.827. The third kappa shape index (κ3) is 4.50. The zero-order valence-electron chi connectivity index (χ0n) is 16.3. The Morgan fingerprint density at radius 2 is 1.93 bits per heavy atom. The van der Waals surface area contributed by atoms with Crippen molar-refractivity contribution in [1.29, 1.82) is 0 Å². The molecule has 160 valence electrons. The Morgan fingerprint density at radius 3 is 2.59 bits per heavy atom. The fraction of sp³-hybridized carbons (Fsp3) is 0.700. The molecule has 1 atom stereocenters. The van der Waals surface area contributed by atoms with Crippen LogP contribution >= 0.6 is 0 Å². The average Bonchev–Trinajstić information content (AvgIpc) is 2.67. The summed E-state index contributed by atoms with van der Waals surface area (Å²) in [5.41, 5.74) is -1.03. The van der Waals surface area contributed by atoms with Gasteiger partial charge in [-0.1, -0.05) is 6.42 Å². The lowest BCUT2D eigenvalue weighted by Crippen LogP contribution is -2.62. The number of piperazine rings is 1. The number of nitrogens with one attached hydrogen (secondary N) is 1. The number of nitrogens with zero attached hydrogens (tertiary/aromatic N) is 3. The Hall–Kier alpha value is -1.87. The maximum atomic E-state index is 13.2. The van der Waals surface area contributed by atoms with Gasteiger partial charge in [0.2, 0.25) is 5.88 Å². The van der Waals surface area contributed by atoms with Crippen molar-refractivity contribution in [1.82, 2.24) is 20.1 Å². The number of halogens is 3. The van der Waals surface area contributed by atoms with Crippen molar-refractivity contribution < 1.29 is 22.7 Å². The molecule has 4 rings (SSSR count). The highest BCUT2D eigenvalue weighted by atomic mass is 19.4. The Labute approximate surface area is 168 Å². The molecular weight excluding hydrogens is 385 g/mol. The zero-order chi connectivity index (χ0) is 20.4. The predicted molar refractivity (Wildman–Crippen MR) is 101 cm³/mol. The highest BCUT2D eigenvalue weighted by Gasteiger charge is 2.41. The van der Waals surface area contributed by atoms with Gasteiger partial charge in [0.1, 0.15) is 5.56 Å². The van der Waals surface area contributed by atoms with E-state index in [-0.39, 0.29) is 6.04 Å². The molecule has 1 amide bonds. The summed E-state index contributed by atoms with van der Waals surface area (Å²) < 4.78 is 44.9. The van der Waals surface area contributed by atoms with Gasteiger partial charge in [0.25, 0.3) is 0 Å². The van der Waals surface area contributed by atoms with E-state index in [1.807, 2.05) is 0 Å². The second-order valence-electron chi connectivity index (χ2n) is 8.15. The summed E-state index contributed by atoms with van der Waals surface area (Å²) in [6.45, 7) is 3.75. The SMILES string of the molecule is O=C(Oc1ncccc1C(F)(F)F)N1CCN(C2CCC2)CC1C1CCNCC1. The van der Waals surface area contributed by atoms with E-state index in [2.05, 4.69) is 15.2 Å². The maximum Gasteiger partial charge on any atom is 0.421 e. The van der Waals surface area contributed by atoms with Gasteiger partial charge in [-0.05, 0) is 56.8 Å². The van der Waals surface area contributed by atoms with Crippen molar-refractivity contribution in [3.63, 3.8) is 0 Å². The Balaban J connectivity index is 1.51. The van der Waals surface area contributed by atoms with Gasteiger partial charge < -0.3 is 15.0 Å². The van der Waals surface area contributed by atoms with Crippen LogP contribution < -0.4 is 10.1 Å². The first-order chi connectivity index (χ1) is 13.9. The van der Waals surface area contributed by atoms with Gasteiger partial charge in [-0.2, -0.15) is 13.2 Å². The summed E-state index contributed by atoms with van der Waals surface area (Å²) in [7, 11) is 0. The predicted octanol–water partition coefficient (Wildman–Crippen LogP) is 3.14. The van der Waals surface area contributed by atoms with Crippen molar-refractivity contribution in [3.05, 3.63) is 23.9 Å². The van der Waals surface area contributed by atoms with Crippen molar-refractivity contribution in [3.8, 4) is 5.88 Å². The van der Waals surface area contributed by atoms with E-state index >= 15 is 0 Å². The second-order valence-corrected chi connectivity index (χ2v) is 8.15. The normalized spacial score (nSPS) is 24.9. The number of piperidine rings is 1. The maximum absolute atomic E-state index is 13.2. The minimum absolute atomic E-state index is 0.0444. The average molecular weight is 412 g/mol. The molecule has 0 spiro atoms. The van der Waals surface area contributed by atoms with Crippen LogP contribution in [0.25, 0.3) is 0 Å². The molecule has 0 radical (unpaired) electrons. The number of carbonyl (C=O) groups excluding carboxylic acids is 1. The Morgan fingerprint density at radius 1 is 1.17 bits per heavy atom. The summed E-state index contributed by atoms with van der Waals surface area (Å²) in [5, 5.41) is 3.33. The topological polar surface area (TPSA) is 57.7 Å². The molecule has 1 aliphatic carbocycles. The van der Waals surface area contributed by atoms with Gasteiger partial charge in [0, 0.05) is 31.9 Å². The lowest BCUT2D eigenvalue weighted by atomic mass is 9.85. The molecule has 6 nitrogen and oxygen atoms in total. The van der Waals surface area contributed by atoms with E-state index in [0.717, 1.165) is 45.1 Å². The smallest absolute Gasteiger partial charge is 0.390 e. The molecule has 29 heavy (non-hydrogen) atoms. The molecule has 1 saturated carbocycles. The van der Waals surface area contributed by atoms with Gasteiger partial charge in [-0.25, -0.2) is 9.78 Å². The van der Waals surface area contributed by atoms with E-state index in [0.29, 0.717) is 18.5 Å². The highest BCUT2D eigenvalue weighted by molar-refractivity contribution is 5.71. The van der Waals surface area contributed by atoms with E-state index in [1.165, 1.54) is 31.5 Å². The summed E-state index contributed by atoms with van der Waals surface area (Å²) >= 11 is 0. The van der Waals surface area contributed by atoms with E-state index in [9.17, 15) is 18.0 Å². The molecule has 1 N–H and O–H groups in total. The standard InChI is InChI=1S/C20H27F3N4O2/c21-20(22,23)16-5-2-8-25-18(16)29-19(28)27-12-11-26(15-3-1-4-15)13-17(27)14-6-9-24-10-7-14/h2,5,8,14-15,17,24H,1,3-4,6-7,9-13H2. The number of alkyl halides is 3. The minimum Gasteiger partial charge on any atom is -0.390 e. The zero-order valence-corrected chi connectivity index (χ0v) is 16.3. The molecule has 1 aromatic rings. The Kier molecular flexibility index (Phi) is 5.96. The third-order valence-corrected chi connectivity index (χ3v) is 6.46. The first kappa shape index (κ1) is 20.4. The van der Waals surface area contributed by atoms with E-state index in [1.54, 1.807) is 4.90 Å². The highest BCUT2D eigenvalue weighted by Crippen LogP contribution is 2.36. The van der Waals surface area contributed by atoms with Crippen LogP contribution in [0, 0.1) is 5.92 Å². The number of carbonyl (C=O) groups is 1. The number of hydrogen-bond acceptors (Lipinski definition) is 5. The van der Waals surface area contributed by atoms with Gasteiger partial charge in [0.05, 0.1) is 6.04 Å². The van der Waals surface area contributed by atoms with Crippen LogP contribution in [0.4, 0.5) is 18.0 Å². The molecule has 1 aromatic heterocycles. The number of rotatable bonds is 3. The molecule has 3 fully saturated rings. The molecule has 2 aliphatic heterocycles. The fourth-order valence-electron chi connectivity index (χ4n) is 4.60. The molecule has 2 saturated heterocycles. The van der Waals surface area contributed by atoms with Crippen molar-refractivity contribution in [2.45, 2.75) is 50.4 Å². The first-order valence-electron chi connectivity index (χ1n) is 10.4. The first-order valence-corrected chi connectivity index (χ1v) is 10.4. The lowest BCUT2D eigenvalue weighted by molar-refractivity contribution is -0.139. The van der Waals surface area contributed by atoms with Crippen LogP contribution in [0.5, 0.6) is 5.88 Å². The van der Waals surface area contributed by atoms with Gasteiger partial charge >= 0.3 is 12.3 Å². The molecule has 3 aliphatic rings. The van der Waals surface area contributed by atoms with Crippen molar-refractivity contribution >= 4 is 6.09 Å². The number of amides is 1. The minimum atomic E-state index is -4.62. The molecule has 0 aromatic carbocycles. The molecular formula is C20H27F3N4O2. The third-order valence-electron chi connectivity index (χ3n) is 6.46. The second kappa shape index (κ2) is 8.47. The van der Waals surface area contributed by atoms with Crippen molar-refractivity contribution in [2.75, 3.05) is 32.7 Å². The largest absolute Gasteiger partial charge is 0.421 e. The number of pyridine rings is 1. The van der Waals surface area contributed by atoms with Gasteiger partial charge in [-0.15, -0.1) is 0 Å². The number of ether oxygens (including phenoxy) is 1. The summed E-state index contributed by atoms with van der Waals surface area (Å²) in [6, 6.07) is 2.60. The van der Waals surface area contributed by atoms with Crippen molar-refractivity contribution in [2.24, 2.45) is 5.92 Å². The monoisotopic (exact) mass is 412 g/mol. The van der Waals surface area contributed by atoms with E-state index < -0.39 is 23.7 Å². The summed E-state index contributed by atoms with van der Waals surface area (Å²) in [6.07, 6.45) is 1.36. The molecule has 0 bridgehead atoms. The molecule has 1 unspecified atom stereocenters. The van der Waals surface area contributed by atoms with Crippen LogP contribution in [0.15, 0.2) is 18.3 Å². The number of hydrogen-bond donors (Lipinski definition) is 1. The van der Waals surface area contributed by atoms with Crippen LogP contribution in [0.1, 0.15) is 37.7 Å². The summed E-state index contributed by atoms with van der Waals surface area (Å²) in [5.74, 6) is -0.354. The van der Waals surface area contributed by atoms with Gasteiger partial charge in [-0.3, -0.25) is 4.90 Å². The van der Waals surface area contributed by atoms with E-state index in [4.69, 9.17) is 4.74 Å². The summed E-state index contributed by atoms with van der Waals surface area (Å²) in [4.78, 5) is 20.7. The van der Waals surface area contributed by atoms with Gasteiger partial charge in [0.15, 0.2) is 0 Å². The number of aromatic nitrogens is 1. The lowest BCUT2D eigenvalue weighted by Gasteiger charge is -2.49. The molecule has 9 heteroatoms.